The summed E-state index contributed by atoms with van der Waals surface area (Å²) in [6.45, 7) is 10.2. The number of rotatable bonds is 7. The van der Waals surface area contributed by atoms with Crippen LogP contribution in [0.3, 0.4) is 0 Å². The Morgan fingerprint density at radius 2 is 2.19 bits per heavy atom. The molecule has 0 aromatic carbocycles. The van der Waals surface area contributed by atoms with Gasteiger partial charge >= 0.3 is 5.97 Å². The number of carbonyl (C=O) groups is 1. The van der Waals surface area contributed by atoms with Gasteiger partial charge in [-0.3, -0.25) is 9.69 Å². The van der Waals surface area contributed by atoms with Crippen LogP contribution in [0.4, 0.5) is 0 Å². The molecule has 5 heteroatoms. The van der Waals surface area contributed by atoms with E-state index in [0.717, 1.165) is 25.4 Å². The molecule has 2 fully saturated rings. The maximum Gasteiger partial charge on any atom is 0.326 e. The maximum atomic E-state index is 12.0. The first-order valence-corrected chi connectivity index (χ1v) is 8.41. The molecule has 0 radical (unpaired) electrons. The van der Waals surface area contributed by atoms with Crippen molar-refractivity contribution in [1.82, 2.24) is 15.1 Å². The molecule has 2 atom stereocenters. The first-order valence-electron chi connectivity index (χ1n) is 8.41. The van der Waals surface area contributed by atoms with Gasteiger partial charge in [-0.2, -0.15) is 0 Å². The molecule has 0 aromatic rings. The van der Waals surface area contributed by atoms with Crippen molar-refractivity contribution in [3.8, 4) is 0 Å². The van der Waals surface area contributed by atoms with E-state index < -0.39 is 5.54 Å². The Kier molecular flexibility index (Phi) is 6.02. The largest absolute Gasteiger partial charge is 0.465 e. The van der Waals surface area contributed by atoms with Crippen LogP contribution in [0, 0.1) is 0 Å². The van der Waals surface area contributed by atoms with Crippen LogP contribution in [-0.4, -0.2) is 73.7 Å². The number of hydrogen-bond acceptors (Lipinski definition) is 5. The summed E-state index contributed by atoms with van der Waals surface area (Å²) >= 11 is 0. The minimum absolute atomic E-state index is 0.131. The van der Waals surface area contributed by atoms with Crippen molar-refractivity contribution in [2.24, 2.45) is 0 Å². The summed E-state index contributed by atoms with van der Waals surface area (Å²) in [5, 5.41) is 3.14. The van der Waals surface area contributed by atoms with E-state index in [1.807, 2.05) is 20.9 Å². The molecule has 21 heavy (non-hydrogen) atoms. The molecule has 5 nitrogen and oxygen atoms in total. The van der Waals surface area contributed by atoms with E-state index in [1.54, 1.807) is 0 Å². The van der Waals surface area contributed by atoms with Crippen LogP contribution >= 0.6 is 0 Å². The average molecular weight is 297 g/mol. The van der Waals surface area contributed by atoms with Crippen molar-refractivity contribution in [1.29, 1.82) is 0 Å². The Bertz CT molecular complexity index is 350. The number of nitrogens with zero attached hydrogens (tertiary/aromatic N) is 2. The number of nitrogens with one attached hydrogen (secondary N) is 1. The van der Waals surface area contributed by atoms with Crippen LogP contribution in [-0.2, 0) is 9.53 Å². The zero-order valence-corrected chi connectivity index (χ0v) is 13.9. The lowest BCUT2D eigenvalue weighted by Gasteiger charge is -2.38. The van der Waals surface area contributed by atoms with Gasteiger partial charge in [-0.1, -0.05) is 0 Å². The molecular formula is C16H31N3O2. The summed E-state index contributed by atoms with van der Waals surface area (Å²) in [5.41, 5.74) is -0.550. The van der Waals surface area contributed by atoms with Crippen molar-refractivity contribution in [2.75, 3.05) is 46.4 Å². The van der Waals surface area contributed by atoms with Gasteiger partial charge in [-0.25, -0.2) is 0 Å². The zero-order valence-electron chi connectivity index (χ0n) is 13.9. The molecule has 2 aliphatic rings. The van der Waals surface area contributed by atoms with Crippen molar-refractivity contribution >= 4 is 5.97 Å². The zero-order chi connectivity index (χ0) is 15.3. The van der Waals surface area contributed by atoms with Gasteiger partial charge in [0.1, 0.15) is 5.54 Å². The highest BCUT2D eigenvalue weighted by atomic mass is 16.5. The highest BCUT2D eigenvalue weighted by Crippen LogP contribution is 2.22. The summed E-state index contributed by atoms with van der Waals surface area (Å²) in [7, 11) is 1.84. The molecule has 0 bridgehead atoms. The SMILES string of the molecule is CCOC(=O)C(C)(CCCN1CCN2CCCC2C1)NC. The van der Waals surface area contributed by atoms with E-state index in [0.29, 0.717) is 6.61 Å². The second-order valence-corrected chi connectivity index (χ2v) is 6.54. The van der Waals surface area contributed by atoms with Gasteiger partial charge in [0, 0.05) is 25.7 Å². The average Bonchev–Trinajstić information content (AvgIpc) is 2.94. The monoisotopic (exact) mass is 297 g/mol. The Morgan fingerprint density at radius 1 is 1.38 bits per heavy atom. The van der Waals surface area contributed by atoms with Crippen LogP contribution in [0.5, 0.6) is 0 Å². The predicted molar refractivity (Wildman–Crippen MR) is 84.4 cm³/mol. The number of likely N-dealkylation sites (N-methyl/N-ethyl adjacent to an activating group) is 1. The summed E-state index contributed by atoms with van der Waals surface area (Å²) in [6, 6.07) is 0.777. The summed E-state index contributed by atoms with van der Waals surface area (Å²) in [4.78, 5) is 17.2. The first kappa shape index (κ1) is 16.7. The Hall–Kier alpha value is -0.650. The van der Waals surface area contributed by atoms with Crippen molar-refractivity contribution < 1.29 is 9.53 Å². The lowest BCUT2D eigenvalue weighted by Crippen LogP contribution is -2.51. The quantitative estimate of drug-likeness (QED) is 0.713. The van der Waals surface area contributed by atoms with Crippen LogP contribution in [0.2, 0.25) is 0 Å². The van der Waals surface area contributed by atoms with Gasteiger partial charge in [0.15, 0.2) is 0 Å². The van der Waals surface area contributed by atoms with Crippen molar-refractivity contribution in [3.05, 3.63) is 0 Å². The number of fused-ring (bicyclic) bond motifs is 1. The summed E-state index contributed by atoms with van der Waals surface area (Å²) in [5.74, 6) is -0.131. The molecule has 0 saturated carbocycles. The van der Waals surface area contributed by atoms with Crippen LogP contribution in [0.15, 0.2) is 0 Å². The maximum absolute atomic E-state index is 12.0. The molecule has 1 N–H and O–H groups in total. The second-order valence-electron chi connectivity index (χ2n) is 6.54. The molecule has 2 unspecified atom stereocenters. The molecule has 2 rings (SSSR count). The fourth-order valence-corrected chi connectivity index (χ4v) is 3.53. The molecule has 0 aliphatic carbocycles. The Balaban J connectivity index is 1.73. The lowest BCUT2D eigenvalue weighted by atomic mass is 9.96. The first-order chi connectivity index (χ1) is 10.1. The minimum Gasteiger partial charge on any atom is -0.465 e. The highest BCUT2D eigenvalue weighted by Gasteiger charge is 2.33. The van der Waals surface area contributed by atoms with E-state index in [9.17, 15) is 4.79 Å². The number of carbonyl (C=O) groups excluding carboxylic acids is 1. The third-order valence-electron chi connectivity index (χ3n) is 5.10. The Labute approximate surface area is 129 Å². The fraction of sp³-hybridized carbons (Fsp3) is 0.938. The minimum atomic E-state index is -0.550. The van der Waals surface area contributed by atoms with Crippen LogP contribution < -0.4 is 5.32 Å². The van der Waals surface area contributed by atoms with Crippen LogP contribution in [0.1, 0.15) is 39.5 Å². The fourth-order valence-electron chi connectivity index (χ4n) is 3.53. The van der Waals surface area contributed by atoms with Gasteiger partial charge in [0.25, 0.3) is 0 Å². The number of piperazine rings is 1. The normalized spacial score (nSPS) is 26.3. The predicted octanol–water partition coefficient (Wildman–Crippen LogP) is 1.09. The second kappa shape index (κ2) is 7.56. The smallest absolute Gasteiger partial charge is 0.326 e. The van der Waals surface area contributed by atoms with Gasteiger partial charge in [-0.15, -0.1) is 0 Å². The summed E-state index contributed by atoms with van der Waals surface area (Å²) < 4.78 is 5.18. The van der Waals surface area contributed by atoms with Gasteiger partial charge in [0.05, 0.1) is 6.61 Å². The molecule has 2 saturated heterocycles. The molecule has 122 valence electrons. The number of ether oxygens (including phenoxy) is 1. The van der Waals surface area contributed by atoms with Crippen molar-refractivity contribution in [3.63, 3.8) is 0 Å². The highest BCUT2D eigenvalue weighted by molar-refractivity contribution is 5.80. The van der Waals surface area contributed by atoms with E-state index >= 15 is 0 Å². The van der Waals surface area contributed by atoms with Crippen molar-refractivity contribution in [2.45, 2.75) is 51.1 Å². The summed E-state index contributed by atoms with van der Waals surface area (Å²) in [6.07, 6.45) is 4.57. The molecule has 0 spiro atoms. The van der Waals surface area contributed by atoms with E-state index in [1.165, 1.54) is 39.0 Å². The topological polar surface area (TPSA) is 44.8 Å². The molecular weight excluding hydrogens is 266 g/mol. The lowest BCUT2D eigenvalue weighted by molar-refractivity contribution is -0.150. The molecule has 0 aromatic heterocycles. The number of esters is 1. The third kappa shape index (κ3) is 4.18. The standard InChI is InChI=1S/C16H31N3O2/c1-4-21-15(20)16(2,17-3)8-6-9-18-11-12-19-10-5-7-14(19)13-18/h14,17H,4-13H2,1-3H3. The number of hydrogen-bond donors (Lipinski definition) is 1. The van der Waals surface area contributed by atoms with Gasteiger partial charge in [0.2, 0.25) is 0 Å². The van der Waals surface area contributed by atoms with Gasteiger partial charge in [-0.05, 0) is 59.7 Å². The van der Waals surface area contributed by atoms with Crippen LogP contribution in [0.25, 0.3) is 0 Å². The third-order valence-corrected chi connectivity index (χ3v) is 5.10. The molecule has 0 amide bonds. The Morgan fingerprint density at radius 3 is 2.90 bits per heavy atom. The van der Waals surface area contributed by atoms with E-state index in [2.05, 4.69) is 15.1 Å². The van der Waals surface area contributed by atoms with E-state index in [4.69, 9.17) is 4.74 Å². The molecule has 2 aliphatic heterocycles. The van der Waals surface area contributed by atoms with E-state index in [-0.39, 0.29) is 5.97 Å². The molecule has 2 heterocycles. The van der Waals surface area contributed by atoms with Gasteiger partial charge < -0.3 is 15.0 Å².